The van der Waals surface area contributed by atoms with Gasteiger partial charge in [0.25, 0.3) is 0 Å². The molecule has 0 unspecified atom stereocenters. The third kappa shape index (κ3) is 15.8. The highest BCUT2D eigenvalue weighted by Crippen LogP contribution is 2.00. The minimum absolute atomic E-state index is 0. The summed E-state index contributed by atoms with van der Waals surface area (Å²) in [5.41, 5.74) is 0. The second-order valence-corrected chi connectivity index (χ2v) is 3.94. The van der Waals surface area contributed by atoms with Crippen LogP contribution in [0.3, 0.4) is 0 Å². The highest BCUT2D eigenvalue weighted by atomic mass is 16.5. The van der Waals surface area contributed by atoms with Crippen LogP contribution < -0.4 is 5.32 Å². The van der Waals surface area contributed by atoms with Crippen LogP contribution >= 0.6 is 0 Å². The van der Waals surface area contributed by atoms with E-state index in [4.69, 9.17) is 14.2 Å². The molecule has 0 heterocycles. The van der Waals surface area contributed by atoms with Gasteiger partial charge in [-0.1, -0.05) is 12.8 Å². The molecule has 0 aromatic carbocycles. The summed E-state index contributed by atoms with van der Waals surface area (Å²) in [6.45, 7) is 7.69. The van der Waals surface area contributed by atoms with E-state index in [1.807, 2.05) is 14.0 Å². The van der Waals surface area contributed by atoms with Gasteiger partial charge in [-0.25, -0.2) is 0 Å². The molecule has 0 radical (unpaired) electrons. The van der Waals surface area contributed by atoms with Gasteiger partial charge in [0.05, 0.1) is 19.8 Å². The minimum Gasteiger partial charge on any atom is -0.382 e. The molecule has 0 aromatic rings. The van der Waals surface area contributed by atoms with Crippen molar-refractivity contribution < 1.29 is 15.6 Å². The maximum absolute atomic E-state index is 5.46. The van der Waals surface area contributed by atoms with E-state index in [0.29, 0.717) is 13.2 Å². The molecule has 4 nitrogen and oxygen atoms in total. The van der Waals surface area contributed by atoms with Gasteiger partial charge in [0, 0.05) is 27.8 Å². The largest absolute Gasteiger partial charge is 0.382 e. The van der Waals surface area contributed by atoms with Crippen molar-refractivity contribution in [1.82, 2.24) is 5.32 Å². The van der Waals surface area contributed by atoms with Crippen molar-refractivity contribution in [3.8, 4) is 0 Å². The molecule has 0 aliphatic carbocycles. The van der Waals surface area contributed by atoms with Crippen LogP contribution in [0, 0.1) is 0 Å². The number of nitrogens with one attached hydrogen (secondary N) is 1. The second kappa shape index (κ2) is 15.8. The predicted molar refractivity (Wildman–Crippen MR) is 72.6 cm³/mol. The first-order valence-electron chi connectivity index (χ1n) is 6.79. The molecule has 0 rings (SSSR count). The topological polar surface area (TPSA) is 39.7 Å². The summed E-state index contributed by atoms with van der Waals surface area (Å²) in [5, 5.41) is 3.03. The van der Waals surface area contributed by atoms with Crippen molar-refractivity contribution in [2.24, 2.45) is 0 Å². The minimum atomic E-state index is 0. The lowest BCUT2D eigenvalue weighted by Crippen LogP contribution is -2.16. The molecular formula is C13H31NO3. The van der Waals surface area contributed by atoms with Crippen molar-refractivity contribution >= 4 is 0 Å². The lowest BCUT2D eigenvalue weighted by atomic mass is 10.2. The summed E-state index contributed by atoms with van der Waals surface area (Å²) in [7, 11) is 1.92. The van der Waals surface area contributed by atoms with Gasteiger partial charge in [0.1, 0.15) is 0 Å². The van der Waals surface area contributed by atoms with Crippen LogP contribution in [-0.4, -0.2) is 53.2 Å². The summed E-state index contributed by atoms with van der Waals surface area (Å²) in [4.78, 5) is 0. The monoisotopic (exact) mass is 249 g/mol. The van der Waals surface area contributed by atoms with Crippen LogP contribution in [0.1, 0.15) is 34.0 Å². The summed E-state index contributed by atoms with van der Waals surface area (Å²) >= 11 is 0. The third-order valence-corrected chi connectivity index (χ3v) is 2.40. The van der Waals surface area contributed by atoms with Gasteiger partial charge in [-0.2, -0.15) is 0 Å². The Kier molecular flexibility index (Phi) is 15.7. The Morgan fingerprint density at radius 2 is 1.35 bits per heavy atom. The van der Waals surface area contributed by atoms with Gasteiger partial charge < -0.3 is 19.5 Å². The van der Waals surface area contributed by atoms with Crippen LogP contribution in [-0.2, 0) is 14.2 Å². The van der Waals surface area contributed by atoms with Gasteiger partial charge >= 0.3 is 0 Å². The Balaban J connectivity index is 0. The van der Waals surface area contributed by atoms with Crippen LogP contribution in [0.15, 0.2) is 0 Å². The Morgan fingerprint density at radius 1 is 0.765 bits per heavy atom. The Hall–Kier alpha value is -0.160. The molecule has 0 spiro atoms. The molecule has 0 atom stereocenters. The van der Waals surface area contributed by atoms with Crippen LogP contribution in [0.4, 0.5) is 0 Å². The molecule has 17 heavy (non-hydrogen) atoms. The predicted octanol–water partition coefficient (Wildman–Crippen LogP) is 2.08. The smallest absolute Gasteiger partial charge is 0.0701 e. The van der Waals surface area contributed by atoms with E-state index in [-0.39, 0.29) is 1.43 Å². The lowest BCUT2D eigenvalue weighted by molar-refractivity contribution is 0.0475. The first-order valence-corrected chi connectivity index (χ1v) is 6.79. The summed E-state index contributed by atoms with van der Waals surface area (Å²) < 4.78 is 16.1. The normalized spacial score (nSPS) is 10.9. The highest BCUT2D eigenvalue weighted by molar-refractivity contribution is 4.43. The molecule has 0 aliphatic rings. The van der Waals surface area contributed by atoms with Gasteiger partial charge in [-0.15, -0.1) is 0 Å². The van der Waals surface area contributed by atoms with Crippen molar-refractivity contribution in [3.05, 3.63) is 0 Å². The van der Waals surface area contributed by atoms with E-state index in [0.717, 1.165) is 39.4 Å². The maximum atomic E-state index is 5.46. The number of hydrogen-bond donors (Lipinski definition) is 1. The SMILES string of the molecule is CCOCCCCCCOCCOCCNC.[HH]. The van der Waals surface area contributed by atoms with Crippen molar-refractivity contribution in [2.75, 3.05) is 53.2 Å². The fourth-order valence-corrected chi connectivity index (χ4v) is 1.40. The summed E-state index contributed by atoms with van der Waals surface area (Å²) in [5.74, 6) is 0. The van der Waals surface area contributed by atoms with Crippen LogP contribution in [0.5, 0.6) is 0 Å². The van der Waals surface area contributed by atoms with Gasteiger partial charge in [0.2, 0.25) is 0 Å². The maximum Gasteiger partial charge on any atom is 0.0701 e. The Bertz CT molecular complexity index is 125. The lowest BCUT2D eigenvalue weighted by Gasteiger charge is -2.05. The van der Waals surface area contributed by atoms with Crippen molar-refractivity contribution in [2.45, 2.75) is 32.6 Å². The fraction of sp³-hybridized carbons (Fsp3) is 1.00. The molecule has 0 saturated heterocycles. The molecule has 106 valence electrons. The molecule has 1 N–H and O–H groups in total. The van der Waals surface area contributed by atoms with Crippen molar-refractivity contribution in [3.63, 3.8) is 0 Å². The Morgan fingerprint density at radius 3 is 1.94 bits per heavy atom. The van der Waals surface area contributed by atoms with Crippen molar-refractivity contribution in [1.29, 1.82) is 0 Å². The van der Waals surface area contributed by atoms with E-state index in [2.05, 4.69) is 5.32 Å². The molecule has 4 heteroatoms. The van der Waals surface area contributed by atoms with Gasteiger partial charge in [-0.3, -0.25) is 0 Å². The molecule has 0 bridgehead atoms. The standard InChI is InChI=1S/C13H29NO3.H2/c1-3-15-9-6-4-5-7-10-16-12-13-17-11-8-14-2;/h14H,3-13H2,1-2H3;1H. The fourth-order valence-electron chi connectivity index (χ4n) is 1.40. The molecule has 0 saturated carbocycles. The van der Waals surface area contributed by atoms with E-state index in [9.17, 15) is 0 Å². The number of hydrogen-bond acceptors (Lipinski definition) is 4. The third-order valence-electron chi connectivity index (χ3n) is 2.40. The number of rotatable bonds is 14. The number of ether oxygens (including phenoxy) is 3. The molecule has 0 fully saturated rings. The Labute approximate surface area is 107 Å². The quantitative estimate of drug-likeness (QED) is 0.479. The molecule has 0 amide bonds. The zero-order chi connectivity index (χ0) is 12.6. The van der Waals surface area contributed by atoms with E-state index in [1.54, 1.807) is 0 Å². The van der Waals surface area contributed by atoms with Gasteiger partial charge in [0.15, 0.2) is 0 Å². The van der Waals surface area contributed by atoms with Crippen LogP contribution in [0.25, 0.3) is 0 Å². The number of likely N-dealkylation sites (N-methyl/N-ethyl adjacent to an activating group) is 1. The first-order chi connectivity index (χ1) is 8.41. The van der Waals surface area contributed by atoms with E-state index in [1.165, 1.54) is 19.3 Å². The van der Waals surface area contributed by atoms with Gasteiger partial charge in [-0.05, 0) is 26.8 Å². The molecule has 0 aliphatic heterocycles. The summed E-state index contributed by atoms with van der Waals surface area (Å²) in [6.07, 6.45) is 4.78. The first kappa shape index (κ1) is 16.8. The zero-order valence-electron chi connectivity index (χ0n) is 11.5. The van der Waals surface area contributed by atoms with Crippen LogP contribution in [0.2, 0.25) is 0 Å². The average Bonchev–Trinajstić information content (AvgIpc) is 2.35. The van der Waals surface area contributed by atoms with E-state index >= 15 is 0 Å². The average molecular weight is 249 g/mol. The molecular weight excluding hydrogens is 218 g/mol. The molecule has 0 aromatic heterocycles. The highest BCUT2D eigenvalue weighted by Gasteiger charge is 1.92. The summed E-state index contributed by atoms with van der Waals surface area (Å²) in [6, 6.07) is 0. The second-order valence-electron chi connectivity index (χ2n) is 3.94. The van der Waals surface area contributed by atoms with E-state index < -0.39 is 0 Å². The zero-order valence-corrected chi connectivity index (χ0v) is 11.5. The number of unbranched alkanes of at least 4 members (excludes halogenated alkanes) is 3.